The Morgan fingerprint density at radius 3 is 1.89 bits per heavy atom. The van der Waals surface area contributed by atoms with Crippen molar-refractivity contribution < 1.29 is 12.6 Å². The summed E-state index contributed by atoms with van der Waals surface area (Å²) in [7, 11) is -4.21. The molecule has 8 heteroatoms. The Labute approximate surface area is 224 Å². The first-order valence-corrected chi connectivity index (χ1v) is 15.0. The molecule has 0 aliphatic heterocycles. The molecule has 0 amide bonds. The number of benzene rings is 1. The third kappa shape index (κ3) is 5.55. The number of aromatic nitrogens is 3. The fourth-order valence-corrected chi connectivity index (χ4v) is 6.82. The number of thiophene rings is 1. The van der Waals surface area contributed by atoms with Crippen LogP contribution in [0.15, 0.2) is 47.6 Å². The summed E-state index contributed by atoms with van der Waals surface area (Å²) < 4.78 is 34.1. The van der Waals surface area contributed by atoms with Gasteiger partial charge < -0.3 is 4.18 Å². The third-order valence-corrected chi connectivity index (χ3v) is 9.08. The molecule has 0 fully saturated rings. The molecule has 3 heterocycles. The summed E-state index contributed by atoms with van der Waals surface area (Å²) in [6, 6.07) is 9.57. The van der Waals surface area contributed by atoms with Crippen molar-refractivity contribution in [3.8, 4) is 17.3 Å². The fraction of sp³-hybridized carbons (Fsp3) is 0.414. The molecular weight excluding hydrogens is 502 g/mol. The van der Waals surface area contributed by atoms with E-state index in [1.54, 1.807) is 24.5 Å². The van der Waals surface area contributed by atoms with Crippen molar-refractivity contribution in [1.29, 1.82) is 0 Å². The van der Waals surface area contributed by atoms with Crippen LogP contribution in [0.4, 0.5) is 0 Å². The highest BCUT2D eigenvalue weighted by molar-refractivity contribution is 7.87. The van der Waals surface area contributed by atoms with Crippen molar-refractivity contribution in [2.45, 2.75) is 84.0 Å². The maximum Gasteiger partial charge on any atom is 0.341 e. The molecule has 0 atom stereocenters. The molecule has 0 bridgehead atoms. The molecule has 0 unspecified atom stereocenters. The minimum absolute atomic E-state index is 0.00364. The van der Waals surface area contributed by atoms with Gasteiger partial charge in [-0.15, -0.1) is 11.3 Å². The van der Waals surface area contributed by atoms with Crippen LogP contribution in [0.3, 0.4) is 0 Å². The summed E-state index contributed by atoms with van der Waals surface area (Å²) in [5, 5.41) is 0.603. The molecule has 0 saturated heterocycles. The van der Waals surface area contributed by atoms with Crippen LogP contribution >= 0.6 is 11.3 Å². The predicted octanol–water partition coefficient (Wildman–Crippen LogP) is 8.01. The van der Waals surface area contributed by atoms with E-state index in [0.717, 1.165) is 27.1 Å². The van der Waals surface area contributed by atoms with Gasteiger partial charge in [0.05, 0.1) is 5.39 Å². The van der Waals surface area contributed by atoms with E-state index in [-0.39, 0.29) is 34.4 Å². The molecule has 6 nitrogen and oxygen atoms in total. The Kier molecular flexibility index (Phi) is 7.72. The molecule has 4 aromatic rings. The monoisotopic (exact) mass is 537 g/mol. The molecule has 196 valence electrons. The van der Waals surface area contributed by atoms with Gasteiger partial charge in [0.15, 0.2) is 5.82 Å². The maximum absolute atomic E-state index is 14.1. The molecule has 4 rings (SSSR count). The van der Waals surface area contributed by atoms with E-state index in [4.69, 9.17) is 9.17 Å². The number of nitrogens with zero attached hydrogens (tertiary/aromatic N) is 3. The summed E-state index contributed by atoms with van der Waals surface area (Å²) in [5.74, 6) is 0.985. The van der Waals surface area contributed by atoms with Gasteiger partial charge in [-0.2, -0.15) is 13.4 Å². The number of rotatable bonds is 8. The Balaban J connectivity index is 1.94. The van der Waals surface area contributed by atoms with Gasteiger partial charge >= 0.3 is 10.1 Å². The molecule has 0 aliphatic carbocycles. The van der Waals surface area contributed by atoms with E-state index < -0.39 is 10.1 Å². The lowest BCUT2D eigenvalue weighted by molar-refractivity contribution is 0.475. The highest BCUT2D eigenvalue weighted by atomic mass is 32.2. The van der Waals surface area contributed by atoms with E-state index in [2.05, 4.69) is 37.7 Å². The van der Waals surface area contributed by atoms with Gasteiger partial charge in [0.1, 0.15) is 9.73 Å². The highest BCUT2D eigenvalue weighted by Gasteiger charge is 2.30. The van der Waals surface area contributed by atoms with Crippen LogP contribution in [-0.2, 0) is 10.1 Å². The van der Waals surface area contributed by atoms with Gasteiger partial charge in [-0.25, -0.2) is 4.98 Å². The lowest BCUT2D eigenvalue weighted by Crippen LogP contribution is -2.18. The largest absolute Gasteiger partial charge is 0.357 e. The summed E-state index contributed by atoms with van der Waals surface area (Å²) in [6.45, 7) is 16.5. The quantitative estimate of drug-likeness (QED) is 0.212. The number of hydrogen-bond acceptors (Lipinski definition) is 7. The molecule has 37 heavy (non-hydrogen) atoms. The minimum atomic E-state index is -4.21. The van der Waals surface area contributed by atoms with Crippen molar-refractivity contribution in [3.05, 3.63) is 64.3 Å². The second kappa shape index (κ2) is 10.5. The maximum atomic E-state index is 14.1. The van der Waals surface area contributed by atoms with Gasteiger partial charge in [0.25, 0.3) is 0 Å². The highest BCUT2D eigenvalue weighted by Crippen LogP contribution is 2.39. The zero-order chi connectivity index (χ0) is 27.1. The number of fused-ring (bicyclic) bond motifs is 1. The average Bonchev–Trinajstić information content (AvgIpc) is 3.28. The number of pyridine rings is 1. The van der Waals surface area contributed by atoms with Crippen molar-refractivity contribution in [1.82, 2.24) is 15.0 Å². The Morgan fingerprint density at radius 2 is 1.38 bits per heavy atom. The topological polar surface area (TPSA) is 82.0 Å². The van der Waals surface area contributed by atoms with Crippen LogP contribution in [0.2, 0.25) is 0 Å². The molecule has 0 N–H and O–H groups in total. The average molecular weight is 538 g/mol. The molecule has 0 aliphatic rings. The summed E-state index contributed by atoms with van der Waals surface area (Å²) in [4.78, 5) is 15.5. The van der Waals surface area contributed by atoms with Crippen molar-refractivity contribution >= 4 is 31.7 Å². The smallest absolute Gasteiger partial charge is 0.341 e. The second-order valence-corrected chi connectivity index (χ2v) is 13.2. The first-order valence-electron chi connectivity index (χ1n) is 12.7. The molecule has 0 saturated carbocycles. The molecule has 3 aromatic heterocycles. The molecular formula is C29H35N3O3S2. The third-order valence-electron chi connectivity index (χ3n) is 6.40. The normalized spacial score (nSPS) is 12.4. The number of hydrogen-bond donors (Lipinski definition) is 0. The standard InChI is InChI=1S/C29H35N3O3S2/c1-16(2)21-13-22(17(3)4)26(23(14-21)18(5)6)37(33,34)35-28-24-15-25(19(7)8)36-29(24)32-27(31-28)20-9-11-30-12-10-20/h9-19H,1-8H3. The van der Waals surface area contributed by atoms with Crippen LogP contribution in [0.1, 0.15) is 101 Å². The molecule has 1 aromatic carbocycles. The predicted molar refractivity (Wildman–Crippen MR) is 151 cm³/mol. The van der Waals surface area contributed by atoms with E-state index in [1.165, 1.54) is 11.3 Å². The Bertz CT molecular complexity index is 1490. The van der Waals surface area contributed by atoms with E-state index in [9.17, 15) is 8.42 Å². The summed E-state index contributed by atoms with van der Waals surface area (Å²) in [5.41, 5.74) is 3.39. The lowest BCUT2D eigenvalue weighted by Gasteiger charge is -2.22. The SMILES string of the molecule is CC(C)c1cc(C(C)C)c(S(=O)(=O)Oc2nc(-c3ccncc3)nc3sc(C(C)C)cc23)c(C(C)C)c1. The molecule has 0 radical (unpaired) electrons. The Morgan fingerprint density at radius 1 is 0.784 bits per heavy atom. The van der Waals surface area contributed by atoms with Crippen molar-refractivity contribution in [2.75, 3.05) is 0 Å². The summed E-state index contributed by atoms with van der Waals surface area (Å²) >= 11 is 1.53. The van der Waals surface area contributed by atoms with E-state index >= 15 is 0 Å². The van der Waals surface area contributed by atoms with Gasteiger partial charge in [-0.1, -0.05) is 67.5 Å². The van der Waals surface area contributed by atoms with Crippen molar-refractivity contribution in [2.24, 2.45) is 0 Å². The fourth-order valence-electron chi connectivity index (χ4n) is 4.22. The van der Waals surface area contributed by atoms with Crippen LogP contribution in [-0.4, -0.2) is 23.4 Å². The van der Waals surface area contributed by atoms with Gasteiger partial charge in [0.2, 0.25) is 5.88 Å². The molecule has 0 spiro atoms. The van der Waals surface area contributed by atoms with Crippen molar-refractivity contribution in [3.63, 3.8) is 0 Å². The zero-order valence-electron chi connectivity index (χ0n) is 22.7. The zero-order valence-corrected chi connectivity index (χ0v) is 24.4. The van der Waals surface area contributed by atoms with Gasteiger partial charge in [-0.3, -0.25) is 4.98 Å². The van der Waals surface area contributed by atoms with Gasteiger partial charge in [0, 0.05) is 22.8 Å². The van der Waals surface area contributed by atoms with Crippen LogP contribution < -0.4 is 4.18 Å². The minimum Gasteiger partial charge on any atom is -0.357 e. The van der Waals surface area contributed by atoms with E-state index in [1.807, 2.05) is 45.9 Å². The van der Waals surface area contributed by atoms with Crippen LogP contribution in [0.25, 0.3) is 21.6 Å². The van der Waals surface area contributed by atoms with Crippen LogP contribution in [0, 0.1) is 0 Å². The van der Waals surface area contributed by atoms with Crippen LogP contribution in [0.5, 0.6) is 5.88 Å². The van der Waals surface area contributed by atoms with E-state index in [0.29, 0.717) is 16.0 Å². The summed E-state index contributed by atoms with van der Waals surface area (Å²) in [6.07, 6.45) is 3.32. The first-order chi connectivity index (χ1) is 17.4. The van der Waals surface area contributed by atoms with Gasteiger partial charge in [-0.05, 0) is 58.6 Å². The first kappa shape index (κ1) is 27.2. The lowest BCUT2D eigenvalue weighted by atomic mass is 9.89. The second-order valence-electron chi connectivity index (χ2n) is 10.6. The Hall–Kier alpha value is -2.84.